The van der Waals surface area contributed by atoms with Gasteiger partial charge in [-0.15, -0.1) is 0 Å². The molecule has 2 bridgehead atoms. The van der Waals surface area contributed by atoms with Crippen LogP contribution in [-0.2, 0) is 0 Å². The maximum atomic E-state index is 16.5. The number of hydrogen-bond acceptors (Lipinski definition) is 7. The van der Waals surface area contributed by atoms with Gasteiger partial charge in [0.2, 0.25) is 0 Å². The van der Waals surface area contributed by atoms with E-state index >= 15 is 4.39 Å². The minimum Gasteiger partial charge on any atom is -0.465 e. The van der Waals surface area contributed by atoms with Crippen LogP contribution < -0.4 is 9.64 Å². The summed E-state index contributed by atoms with van der Waals surface area (Å²) >= 11 is 0. The fourth-order valence-corrected chi connectivity index (χ4v) is 6.87. The van der Waals surface area contributed by atoms with Crippen molar-refractivity contribution in [3.05, 3.63) is 54.0 Å². The van der Waals surface area contributed by atoms with Gasteiger partial charge in [-0.05, 0) is 57.0 Å². The molecule has 7 rings (SSSR count). The Morgan fingerprint density at radius 3 is 2.63 bits per heavy atom. The molecule has 5 heterocycles. The third kappa shape index (κ3) is 4.50. The number of aromatic nitrogens is 3. The van der Waals surface area contributed by atoms with Crippen LogP contribution in [0, 0.1) is 12.7 Å². The van der Waals surface area contributed by atoms with E-state index < -0.39 is 11.9 Å². The van der Waals surface area contributed by atoms with Crippen molar-refractivity contribution in [1.29, 1.82) is 0 Å². The monoisotopic (exact) mass is 556 g/mol. The molecule has 41 heavy (non-hydrogen) atoms. The molecule has 3 fully saturated rings. The number of amides is 1. The van der Waals surface area contributed by atoms with Gasteiger partial charge >= 0.3 is 12.1 Å². The number of fused-ring (bicyclic) bond motifs is 4. The number of likely N-dealkylation sites (tertiary alicyclic amines) is 1. The Kier molecular flexibility index (Phi) is 6.37. The number of carboxylic acid groups (broad SMARTS) is 1. The Morgan fingerprint density at radius 2 is 1.90 bits per heavy atom. The van der Waals surface area contributed by atoms with E-state index in [1.165, 1.54) is 0 Å². The number of nitrogens with zero attached hydrogens (tertiary/aromatic N) is 6. The van der Waals surface area contributed by atoms with Gasteiger partial charge in [0.1, 0.15) is 23.6 Å². The first-order valence-corrected chi connectivity index (χ1v) is 14.3. The van der Waals surface area contributed by atoms with Crippen LogP contribution in [0.5, 0.6) is 6.01 Å². The number of pyridine rings is 1. The maximum absolute atomic E-state index is 16.5. The highest BCUT2D eigenvalue weighted by atomic mass is 19.1. The van der Waals surface area contributed by atoms with Crippen molar-refractivity contribution in [2.24, 2.45) is 0 Å². The Labute approximate surface area is 237 Å². The molecule has 1 amide bonds. The highest BCUT2D eigenvalue weighted by molar-refractivity contribution is 5.99. The van der Waals surface area contributed by atoms with Crippen LogP contribution >= 0.6 is 0 Å². The largest absolute Gasteiger partial charge is 0.465 e. The zero-order valence-electron chi connectivity index (χ0n) is 23.3. The van der Waals surface area contributed by atoms with E-state index in [0.29, 0.717) is 36.5 Å². The van der Waals surface area contributed by atoms with Crippen molar-refractivity contribution in [2.45, 2.75) is 50.7 Å². The lowest BCUT2D eigenvalue weighted by molar-refractivity contribution is 0.114. The topological polar surface area (TPSA) is 94.9 Å². The van der Waals surface area contributed by atoms with Crippen molar-refractivity contribution in [1.82, 2.24) is 24.8 Å². The Hall–Kier alpha value is -4.05. The van der Waals surface area contributed by atoms with Gasteiger partial charge in [-0.3, -0.25) is 9.88 Å². The van der Waals surface area contributed by atoms with Crippen LogP contribution in [0.3, 0.4) is 0 Å². The van der Waals surface area contributed by atoms with Crippen LogP contribution in [0.4, 0.5) is 15.0 Å². The van der Waals surface area contributed by atoms with Gasteiger partial charge in [0.15, 0.2) is 5.82 Å². The van der Waals surface area contributed by atoms with E-state index in [4.69, 9.17) is 9.72 Å². The number of aryl methyl sites for hydroxylation is 1. The molecule has 3 aliphatic heterocycles. The third-order valence-corrected chi connectivity index (χ3v) is 9.01. The number of likely N-dealkylation sites (N-methyl/N-ethyl adjacent to an activating group) is 1. The minimum atomic E-state index is -0.892. The fraction of sp³-hybridized carbons (Fsp3) is 0.419. The van der Waals surface area contributed by atoms with Gasteiger partial charge in [0, 0.05) is 30.9 Å². The van der Waals surface area contributed by atoms with E-state index in [-0.39, 0.29) is 35.3 Å². The number of piperazine rings is 1. The van der Waals surface area contributed by atoms with Crippen molar-refractivity contribution in [3.8, 4) is 17.3 Å². The number of carbonyl (C=O) groups is 1. The van der Waals surface area contributed by atoms with Gasteiger partial charge in [-0.2, -0.15) is 9.97 Å². The normalized spacial score (nSPS) is 22.7. The fourth-order valence-electron chi connectivity index (χ4n) is 6.87. The van der Waals surface area contributed by atoms with Crippen molar-refractivity contribution in [3.63, 3.8) is 0 Å². The molecule has 2 aromatic carbocycles. The summed E-state index contributed by atoms with van der Waals surface area (Å²) < 4.78 is 22.6. The van der Waals surface area contributed by atoms with Crippen LogP contribution in [0.2, 0.25) is 0 Å². The number of halogens is 1. The number of ether oxygens (including phenoxy) is 1. The lowest BCUT2D eigenvalue weighted by atomic mass is 9.99. The van der Waals surface area contributed by atoms with Gasteiger partial charge in [-0.1, -0.05) is 42.0 Å². The quantitative estimate of drug-likeness (QED) is 0.363. The van der Waals surface area contributed by atoms with Crippen molar-refractivity contribution >= 4 is 33.6 Å². The second kappa shape index (κ2) is 10.1. The number of anilines is 1. The summed E-state index contributed by atoms with van der Waals surface area (Å²) in [6.45, 7) is 4.43. The second-order valence-corrected chi connectivity index (χ2v) is 11.6. The van der Waals surface area contributed by atoms with Crippen LogP contribution in [0.1, 0.15) is 31.2 Å². The highest BCUT2D eigenvalue weighted by Gasteiger charge is 2.43. The van der Waals surface area contributed by atoms with E-state index in [1.807, 2.05) is 37.3 Å². The molecule has 3 aliphatic rings. The predicted octanol–water partition coefficient (Wildman–Crippen LogP) is 5.10. The number of rotatable bonds is 5. The van der Waals surface area contributed by atoms with E-state index in [1.54, 1.807) is 11.1 Å². The van der Waals surface area contributed by atoms with E-state index in [2.05, 4.69) is 32.9 Å². The molecular formula is C31H33FN6O3. The molecule has 1 N–H and O–H groups in total. The molecular weight excluding hydrogens is 523 g/mol. The minimum absolute atomic E-state index is 0.130. The second-order valence-electron chi connectivity index (χ2n) is 11.6. The summed E-state index contributed by atoms with van der Waals surface area (Å²) in [4.78, 5) is 31.8. The Bertz CT molecular complexity index is 1650. The molecule has 9 nitrogen and oxygen atoms in total. The number of hydrogen-bond donors (Lipinski definition) is 1. The van der Waals surface area contributed by atoms with Crippen molar-refractivity contribution < 1.29 is 19.0 Å². The molecule has 3 saturated heterocycles. The first-order chi connectivity index (χ1) is 19.9. The first kappa shape index (κ1) is 25.9. The first-order valence-electron chi connectivity index (χ1n) is 14.3. The third-order valence-electron chi connectivity index (χ3n) is 9.01. The molecule has 2 aromatic heterocycles. The SMILES string of the molecule is Cc1ccc2c(-c3ncc4c(N5C[C@H]6CC[C@@H](C5)N6C(=O)O)nc(OC[C@@H]5CCCN5C)nc4c3F)cccc2c1. The summed E-state index contributed by atoms with van der Waals surface area (Å²) in [6, 6.07) is 12.0. The average Bonchev–Trinajstić information content (AvgIpc) is 3.50. The van der Waals surface area contributed by atoms with Gasteiger partial charge in [0.25, 0.3) is 0 Å². The molecule has 0 radical (unpaired) electrons. The van der Waals surface area contributed by atoms with Gasteiger partial charge in [0.05, 0.1) is 17.5 Å². The molecule has 10 heteroatoms. The predicted molar refractivity (Wildman–Crippen MR) is 155 cm³/mol. The maximum Gasteiger partial charge on any atom is 0.407 e. The molecule has 3 atom stereocenters. The molecule has 0 saturated carbocycles. The standard InChI is InChI=1S/C31H33FN6O3/c1-18-8-11-23-19(13-18)5-3-7-24(23)27-26(32)28-25(14-33-27)29(35-30(34-28)41-17-22-6-4-12-36(22)2)37-15-20-9-10-21(16-37)38(20)31(39)40/h3,5,7-8,11,13-14,20-22H,4,6,9-10,12,15-17H2,1-2H3,(H,39,40)/t20-,21+,22-/m0/s1. The molecule has 212 valence electrons. The van der Waals surface area contributed by atoms with Gasteiger partial charge in [-0.25, -0.2) is 9.18 Å². The summed E-state index contributed by atoms with van der Waals surface area (Å²) in [7, 11) is 2.08. The zero-order valence-corrected chi connectivity index (χ0v) is 23.3. The highest BCUT2D eigenvalue weighted by Crippen LogP contribution is 2.38. The van der Waals surface area contributed by atoms with E-state index in [0.717, 1.165) is 48.6 Å². The Morgan fingerprint density at radius 1 is 1.10 bits per heavy atom. The smallest absolute Gasteiger partial charge is 0.407 e. The molecule has 4 aromatic rings. The zero-order chi connectivity index (χ0) is 28.2. The average molecular weight is 557 g/mol. The Balaban J connectivity index is 1.33. The summed E-state index contributed by atoms with van der Waals surface area (Å²) in [5, 5.41) is 12.2. The molecule has 0 unspecified atom stereocenters. The lowest BCUT2D eigenvalue weighted by Crippen LogP contribution is -2.55. The molecule has 0 aliphatic carbocycles. The van der Waals surface area contributed by atoms with Crippen LogP contribution in [-0.4, -0.2) is 87.4 Å². The van der Waals surface area contributed by atoms with Gasteiger partial charge < -0.3 is 19.6 Å². The van der Waals surface area contributed by atoms with Crippen LogP contribution in [0.25, 0.3) is 32.9 Å². The molecule has 0 spiro atoms. The van der Waals surface area contributed by atoms with E-state index in [9.17, 15) is 9.90 Å². The van der Waals surface area contributed by atoms with Crippen LogP contribution in [0.15, 0.2) is 42.6 Å². The summed E-state index contributed by atoms with van der Waals surface area (Å²) in [5.74, 6) is 0.0208. The number of benzene rings is 2. The summed E-state index contributed by atoms with van der Waals surface area (Å²) in [5.41, 5.74) is 2.22. The summed E-state index contributed by atoms with van der Waals surface area (Å²) in [6.07, 6.45) is 4.49. The lowest BCUT2D eigenvalue weighted by Gasteiger charge is -2.40. The van der Waals surface area contributed by atoms with Crippen molar-refractivity contribution in [2.75, 3.05) is 38.2 Å².